The number of pyridine rings is 1. The summed E-state index contributed by atoms with van der Waals surface area (Å²) in [6.45, 7) is 2.73. The first kappa shape index (κ1) is 17.2. The first-order valence-electron chi connectivity index (χ1n) is 7.00. The number of nitrogens with zero attached hydrogens (tertiary/aromatic N) is 1. The largest absolute Gasteiger partial charge is 0.439 e. The van der Waals surface area contributed by atoms with E-state index in [0.29, 0.717) is 10.7 Å². The Bertz CT molecular complexity index is 689. The molecule has 23 heavy (non-hydrogen) atoms. The number of halogens is 3. The van der Waals surface area contributed by atoms with Crippen LogP contribution in [0.25, 0.3) is 0 Å². The maximum Gasteiger partial charge on any atom is 0.416 e. The van der Waals surface area contributed by atoms with Crippen LogP contribution in [-0.4, -0.2) is 16.5 Å². The molecule has 0 aliphatic rings. The highest BCUT2D eigenvalue weighted by molar-refractivity contribution is 7.80. The highest BCUT2D eigenvalue weighted by atomic mass is 32.1. The minimum absolute atomic E-state index is 0.0666. The van der Waals surface area contributed by atoms with Crippen molar-refractivity contribution < 1.29 is 17.9 Å². The summed E-state index contributed by atoms with van der Waals surface area (Å²) >= 11 is 5.20. The molecule has 0 saturated heterocycles. The van der Waals surface area contributed by atoms with E-state index in [9.17, 15) is 13.2 Å². The van der Waals surface area contributed by atoms with Gasteiger partial charge in [0.1, 0.15) is 16.4 Å². The number of benzene rings is 1. The maximum absolute atomic E-state index is 12.7. The molecule has 1 heterocycles. The zero-order valence-corrected chi connectivity index (χ0v) is 13.2. The van der Waals surface area contributed by atoms with E-state index < -0.39 is 11.7 Å². The first-order valence-corrected chi connectivity index (χ1v) is 7.41. The number of nitrogens with one attached hydrogen (secondary N) is 1. The van der Waals surface area contributed by atoms with E-state index in [1.54, 1.807) is 18.2 Å². The molecule has 0 saturated carbocycles. The van der Waals surface area contributed by atoms with Crippen molar-refractivity contribution in [3.63, 3.8) is 0 Å². The zero-order chi connectivity index (χ0) is 16.9. The van der Waals surface area contributed by atoms with Crippen molar-refractivity contribution in [1.82, 2.24) is 10.3 Å². The van der Waals surface area contributed by atoms with Crippen LogP contribution in [0.15, 0.2) is 42.5 Å². The number of alkyl halides is 3. The molecule has 122 valence electrons. The van der Waals surface area contributed by atoms with Gasteiger partial charge in [0, 0.05) is 12.6 Å². The smallest absolute Gasteiger partial charge is 0.416 e. The second-order valence-electron chi connectivity index (χ2n) is 4.74. The van der Waals surface area contributed by atoms with Crippen molar-refractivity contribution in [1.29, 1.82) is 0 Å². The normalized spacial score (nSPS) is 11.1. The van der Waals surface area contributed by atoms with Crippen LogP contribution >= 0.6 is 12.2 Å². The zero-order valence-electron chi connectivity index (χ0n) is 12.4. The fourth-order valence-electron chi connectivity index (χ4n) is 1.78. The molecule has 1 N–H and O–H groups in total. The van der Waals surface area contributed by atoms with Crippen molar-refractivity contribution in [2.24, 2.45) is 0 Å². The Morgan fingerprint density at radius 1 is 1.22 bits per heavy atom. The Balaban J connectivity index is 2.16. The maximum atomic E-state index is 12.7. The molecule has 3 nitrogen and oxygen atoms in total. The number of hydrogen-bond acceptors (Lipinski definition) is 3. The Hall–Kier alpha value is -2.15. The quantitative estimate of drug-likeness (QED) is 0.809. The van der Waals surface area contributed by atoms with E-state index in [2.05, 4.69) is 10.3 Å². The molecule has 1 aromatic heterocycles. The van der Waals surface area contributed by atoms with Gasteiger partial charge in [-0.2, -0.15) is 13.2 Å². The summed E-state index contributed by atoms with van der Waals surface area (Å²) in [5.41, 5.74) is -0.260. The lowest BCUT2D eigenvalue weighted by molar-refractivity contribution is -0.137. The molecule has 0 amide bonds. The average Bonchev–Trinajstić information content (AvgIpc) is 2.52. The third-order valence-corrected chi connectivity index (χ3v) is 3.23. The molecule has 2 aromatic rings. The Morgan fingerprint density at radius 2 is 1.96 bits per heavy atom. The Kier molecular flexibility index (Phi) is 5.54. The minimum atomic E-state index is -4.42. The summed E-state index contributed by atoms with van der Waals surface area (Å²) in [5.74, 6) is 0.249. The van der Waals surface area contributed by atoms with Crippen LogP contribution < -0.4 is 10.1 Å². The summed E-state index contributed by atoms with van der Waals surface area (Å²) in [6, 6.07) is 9.61. The lowest BCUT2D eigenvalue weighted by atomic mass is 10.2. The SMILES string of the molecule is CCCNC(=S)c1cccc(Oc2cccc(C(F)(F)F)c2)n1. The van der Waals surface area contributed by atoms with E-state index in [-0.39, 0.29) is 11.6 Å². The lowest BCUT2D eigenvalue weighted by Gasteiger charge is -2.11. The highest BCUT2D eigenvalue weighted by Gasteiger charge is 2.30. The number of rotatable bonds is 5. The summed E-state index contributed by atoms with van der Waals surface area (Å²) < 4.78 is 43.5. The molecule has 0 unspecified atom stereocenters. The molecule has 1 aromatic carbocycles. The summed E-state index contributed by atoms with van der Waals surface area (Å²) in [6.07, 6.45) is -3.50. The molecule has 2 rings (SSSR count). The van der Waals surface area contributed by atoms with E-state index in [1.165, 1.54) is 12.1 Å². The molecule has 0 bridgehead atoms. The van der Waals surface area contributed by atoms with Gasteiger partial charge in [0.15, 0.2) is 0 Å². The molecule has 7 heteroatoms. The predicted octanol–water partition coefficient (Wildman–Crippen LogP) is 4.57. The number of hydrogen-bond donors (Lipinski definition) is 1. The van der Waals surface area contributed by atoms with Gasteiger partial charge in [-0.25, -0.2) is 4.98 Å². The van der Waals surface area contributed by atoms with Crippen molar-refractivity contribution in [2.45, 2.75) is 19.5 Å². The van der Waals surface area contributed by atoms with Crippen molar-refractivity contribution >= 4 is 17.2 Å². The third-order valence-electron chi connectivity index (χ3n) is 2.88. The fourth-order valence-corrected chi connectivity index (χ4v) is 2.00. The molecule has 0 atom stereocenters. The predicted molar refractivity (Wildman–Crippen MR) is 85.7 cm³/mol. The van der Waals surface area contributed by atoms with Gasteiger partial charge < -0.3 is 10.1 Å². The monoisotopic (exact) mass is 340 g/mol. The molecule has 0 spiro atoms. The van der Waals surface area contributed by atoms with Crippen LogP contribution in [0.4, 0.5) is 13.2 Å². The van der Waals surface area contributed by atoms with Crippen LogP contribution in [0.3, 0.4) is 0 Å². The topological polar surface area (TPSA) is 34.1 Å². The molecule has 0 aliphatic heterocycles. The van der Waals surface area contributed by atoms with Gasteiger partial charge in [-0.3, -0.25) is 0 Å². The highest BCUT2D eigenvalue weighted by Crippen LogP contribution is 2.32. The lowest BCUT2D eigenvalue weighted by Crippen LogP contribution is -2.23. The Labute approximate surface area is 137 Å². The van der Waals surface area contributed by atoms with Gasteiger partial charge in [-0.1, -0.05) is 31.3 Å². The molecule has 0 radical (unpaired) electrons. The second-order valence-corrected chi connectivity index (χ2v) is 5.15. The van der Waals surface area contributed by atoms with Crippen LogP contribution in [0.1, 0.15) is 24.6 Å². The average molecular weight is 340 g/mol. The number of thiocarbonyl (C=S) groups is 1. The van der Waals surface area contributed by atoms with Crippen molar-refractivity contribution in [3.8, 4) is 11.6 Å². The summed E-state index contributed by atoms with van der Waals surface area (Å²) in [7, 11) is 0. The summed E-state index contributed by atoms with van der Waals surface area (Å²) in [4.78, 5) is 4.68. The van der Waals surface area contributed by atoms with Gasteiger partial charge in [-0.15, -0.1) is 0 Å². The van der Waals surface area contributed by atoms with Gasteiger partial charge in [0.25, 0.3) is 0 Å². The van der Waals surface area contributed by atoms with Crippen LogP contribution in [-0.2, 0) is 6.18 Å². The second kappa shape index (κ2) is 7.41. The van der Waals surface area contributed by atoms with Crippen LogP contribution in [0, 0.1) is 0 Å². The van der Waals surface area contributed by atoms with Crippen LogP contribution in [0.2, 0.25) is 0 Å². The molecule has 0 fully saturated rings. The fraction of sp³-hybridized carbons (Fsp3) is 0.250. The van der Waals surface area contributed by atoms with E-state index in [1.807, 2.05) is 6.92 Å². The van der Waals surface area contributed by atoms with E-state index >= 15 is 0 Å². The standard InChI is InChI=1S/C16H15F3N2OS/c1-2-9-20-15(23)13-7-4-8-14(21-13)22-12-6-3-5-11(10-12)16(17,18)19/h3-8,10H,2,9H2,1H3,(H,20,23). The third kappa shape index (κ3) is 4.92. The van der Waals surface area contributed by atoms with Crippen molar-refractivity contribution in [2.75, 3.05) is 6.54 Å². The van der Waals surface area contributed by atoms with Gasteiger partial charge >= 0.3 is 6.18 Å². The molecular weight excluding hydrogens is 325 g/mol. The van der Waals surface area contributed by atoms with Crippen LogP contribution in [0.5, 0.6) is 11.6 Å². The molecule has 0 aliphatic carbocycles. The summed E-state index contributed by atoms with van der Waals surface area (Å²) in [5, 5.41) is 3.03. The number of aromatic nitrogens is 1. The molecular formula is C16H15F3N2OS. The number of ether oxygens (including phenoxy) is 1. The van der Waals surface area contributed by atoms with Gasteiger partial charge in [0.05, 0.1) is 5.56 Å². The van der Waals surface area contributed by atoms with E-state index in [4.69, 9.17) is 17.0 Å². The van der Waals surface area contributed by atoms with Crippen molar-refractivity contribution in [3.05, 3.63) is 53.7 Å². The van der Waals surface area contributed by atoms with Gasteiger partial charge in [-0.05, 0) is 30.7 Å². The Morgan fingerprint density at radius 3 is 2.65 bits per heavy atom. The minimum Gasteiger partial charge on any atom is -0.439 e. The van der Waals surface area contributed by atoms with Gasteiger partial charge in [0.2, 0.25) is 5.88 Å². The first-order chi connectivity index (χ1) is 10.9. The van der Waals surface area contributed by atoms with E-state index in [0.717, 1.165) is 25.1 Å².